The summed E-state index contributed by atoms with van der Waals surface area (Å²) in [6.45, 7) is 2.06. The molecule has 0 aromatic heterocycles. The number of ketones is 2. The zero-order chi connectivity index (χ0) is 21.6. The molecule has 8 heteroatoms. The molecular formula is C21H27FO7. The fraction of sp³-hybridized carbons (Fsp3) is 0.714. The summed E-state index contributed by atoms with van der Waals surface area (Å²) >= 11 is 0. The van der Waals surface area contributed by atoms with Gasteiger partial charge >= 0.3 is 0 Å². The Morgan fingerprint density at radius 2 is 1.83 bits per heavy atom. The molecule has 0 amide bonds. The zero-order valence-electron chi connectivity index (χ0n) is 16.4. The molecule has 160 valence electrons. The van der Waals surface area contributed by atoms with E-state index < -0.39 is 64.6 Å². The SMILES string of the molecule is C[C@]12C=CC(=O)C=C1[C@H](O)C[C@H]1[C@@H]3C[C@@H](O)[C@](O)(C(=O)CO)[C@@]3(C)C[C@H](O)[C@@]12F. The van der Waals surface area contributed by atoms with Crippen LogP contribution in [-0.2, 0) is 9.59 Å². The summed E-state index contributed by atoms with van der Waals surface area (Å²) in [6, 6.07) is 0. The molecule has 4 rings (SSSR count). The van der Waals surface area contributed by atoms with Crippen molar-refractivity contribution >= 4 is 11.6 Å². The summed E-state index contributed by atoms with van der Waals surface area (Å²) in [4.78, 5) is 24.2. The van der Waals surface area contributed by atoms with Crippen molar-refractivity contribution in [2.75, 3.05) is 6.61 Å². The average Bonchev–Trinajstić information content (AvgIpc) is 2.86. The largest absolute Gasteiger partial charge is 0.390 e. The van der Waals surface area contributed by atoms with Gasteiger partial charge in [0.25, 0.3) is 0 Å². The highest BCUT2D eigenvalue weighted by molar-refractivity contribution is 6.01. The number of carbonyl (C=O) groups excluding carboxylic acids is 2. The van der Waals surface area contributed by atoms with Crippen LogP contribution in [-0.4, -0.2) is 73.3 Å². The molecule has 7 nitrogen and oxygen atoms in total. The Kier molecular flexibility index (Phi) is 4.34. The lowest BCUT2D eigenvalue weighted by molar-refractivity contribution is -0.228. The van der Waals surface area contributed by atoms with Gasteiger partial charge in [0.05, 0.1) is 18.3 Å². The predicted octanol–water partition coefficient (Wildman–Crippen LogP) is -0.409. The molecule has 3 saturated carbocycles. The van der Waals surface area contributed by atoms with Crippen LogP contribution in [0.1, 0.15) is 33.1 Å². The Bertz CT molecular complexity index is 839. The third-order valence-corrected chi connectivity index (χ3v) is 8.46. The van der Waals surface area contributed by atoms with Crippen LogP contribution in [0.3, 0.4) is 0 Å². The van der Waals surface area contributed by atoms with Crippen LogP contribution in [0.4, 0.5) is 4.39 Å². The molecule has 0 aromatic carbocycles. The third-order valence-electron chi connectivity index (χ3n) is 8.46. The number of carbonyl (C=O) groups is 2. The molecule has 0 heterocycles. The van der Waals surface area contributed by atoms with Gasteiger partial charge in [-0.05, 0) is 49.8 Å². The number of hydrogen-bond acceptors (Lipinski definition) is 7. The fourth-order valence-corrected chi connectivity index (χ4v) is 6.89. The van der Waals surface area contributed by atoms with Crippen LogP contribution in [0.25, 0.3) is 0 Å². The molecule has 0 bridgehead atoms. The molecule has 9 atom stereocenters. The summed E-state index contributed by atoms with van der Waals surface area (Å²) < 4.78 is 16.8. The Balaban J connectivity index is 1.87. The second kappa shape index (κ2) is 6.04. The van der Waals surface area contributed by atoms with E-state index in [-0.39, 0.29) is 30.6 Å². The van der Waals surface area contributed by atoms with E-state index in [2.05, 4.69) is 0 Å². The Hall–Kier alpha value is -1.45. The van der Waals surface area contributed by atoms with Gasteiger partial charge in [-0.15, -0.1) is 0 Å². The van der Waals surface area contributed by atoms with Crippen LogP contribution in [0.2, 0.25) is 0 Å². The Morgan fingerprint density at radius 3 is 2.45 bits per heavy atom. The van der Waals surface area contributed by atoms with E-state index in [0.29, 0.717) is 0 Å². The molecule has 0 radical (unpaired) electrons. The van der Waals surface area contributed by atoms with Crippen molar-refractivity contribution in [1.29, 1.82) is 0 Å². The number of aliphatic hydroxyl groups excluding tert-OH is 4. The molecular weight excluding hydrogens is 383 g/mol. The minimum absolute atomic E-state index is 0.105. The monoisotopic (exact) mass is 410 g/mol. The Morgan fingerprint density at radius 1 is 1.17 bits per heavy atom. The number of aliphatic hydroxyl groups is 5. The smallest absolute Gasteiger partial charge is 0.192 e. The number of hydrogen-bond donors (Lipinski definition) is 5. The van der Waals surface area contributed by atoms with Crippen LogP contribution < -0.4 is 0 Å². The van der Waals surface area contributed by atoms with E-state index in [4.69, 9.17) is 0 Å². The number of halogens is 1. The van der Waals surface area contributed by atoms with Gasteiger partial charge < -0.3 is 25.5 Å². The molecule has 0 spiro atoms. The first-order chi connectivity index (χ1) is 13.4. The molecule has 5 N–H and O–H groups in total. The van der Waals surface area contributed by atoms with Gasteiger partial charge in [-0.3, -0.25) is 9.59 Å². The van der Waals surface area contributed by atoms with Gasteiger partial charge in [-0.25, -0.2) is 4.39 Å². The number of allylic oxidation sites excluding steroid dienone is 3. The maximum absolute atomic E-state index is 16.8. The third kappa shape index (κ3) is 2.19. The zero-order valence-corrected chi connectivity index (χ0v) is 16.4. The molecule has 4 aliphatic rings. The van der Waals surface area contributed by atoms with Crippen molar-refractivity contribution in [3.63, 3.8) is 0 Å². The van der Waals surface area contributed by atoms with Gasteiger partial charge in [-0.1, -0.05) is 13.0 Å². The van der Waals surface area contributed by atoms with Gasteiger partial charge in [-0.2, -0.15) is 0 Å². The predicted molar refractivity (Wildman–Crippen MR) is 98.2 cm³/mol. The summed E-state index contributed by atoms with van der Waals surface area (Å²) in [6.07, 6.45) is -1.04. The van der Waals surface area contributed by atoms with E-state index in [1.807, 2.05) is 0 Å². The second-order valence-electron chi connectivity index (χ2n) is 9.51. The Labute approximate surface area is 167 Å². The van der Waals surface area contributed by atoms with Crippen LogP contribution in [0.15, 0.2) is 23.8 Å². The molecule has 3 fully saturated rings. The van der Waals surface area contributed by atoms with Crippen LogP contribution in [0, 0.1) is 22.7 Å². The molecule has 0 aliphatic heterocycles. The van der Waals surface area contributed by atoms with Crippen molar-refractivity contribution in [2.24, 2.45) is 22.7 Å². The van der Waals surface area contributed by atoms with Gasteiger partial charge in [0.2, 0.25) is 0 Å². The molecule has 0 unspecified atom stereocenters. The van der Waals surface area contributed by atoms with E-state index in [1.54, 1.807) is 0 Å². The van der Waals surface area contributed by atoms with Crippen molar-refractivity contribution in [3.05, 3.63) is 23.8 Å². The summed E-state index contributed by atoms with van der Waals surface area (Å²) in [5, 5.41) is 52.9. The lowest BCUT2D eigenvalue weighted by Crippen LogP contribution is -2.71. The molecule has 4 aliphatic carbocycles. The first-order valence-electron chi connectivity index (χ1n) is 9.92. The minimum Gasteiger partial charge on any atom is -0.390 e. The fourth-order valence-electron chi connectivity index (χ4n) is 6.89. The first kappa shape index (κ1) is 20.8. The number of fused-ring (bicyclic) bond motifs is 5. The number of alkyl halides is 1. The maximum Gasteiger partial charge on any atom is 0.192 e. The molecule has 29 heavy (non-hydrogen) atoms. The van der Waals surface area contributed by atoms with Gasteiger partial charge in [0.1, 0.15) is 6.61 Å². The van der Waals surface area contributed by atoms with E-state index >= 15 is 4.39 Å². The summed E-state index contributed by atoms with van der Waals surface area (Å²) in [5.74, 6) is -3.06. The standard InChI is InChI=1S/C21H27FO7/c1-18-4-3-10(24)5-13(18)14(25)6-12-11-7-15(26)21(29,17(28)9-23)19(11,2)8-16(27)20(12,18)22/h3-5,11-12,14-16,23,25-27,29H,6-9H2,1-2H3/t11-,12-,14+,15+,16-,18-,19-,20-,21-/m0/s1. The summed E-state index contributed by atoms with van der Waals surface area (Å²) in [5.41, 5.74) is -7.23. The van der Waals surface area contributed by atoms with Crippen molar-refractivity contribution in [3.8, 4) is 0 Å². The van der Waals surface area contributed by atoms with E-state index in [0.717, 1.165) is 0 Å². The number of Topliss-reactive ketones (excluding diaryl/α,β-unsaturated/α-hetero) is 1. The lowest BCUT2D eigenvalue weighted by Gasteiger charge is -2.63. The van der Waals surface area contributed by atoms with E-state index in [9.17, 15) is 35.1 Å². The normalized spacial score (nSPS) is 53.7. The highest BCUT2D eigenvalue weighted by Crippen LogP contribution is 2.69. The van der Waals surface area contributed by atoms with Crippen molar-refractivity contribution in [2.45, 2.75) is 62.7 Å². The number of rotatable bonds is 2. The highest BCUT2D eigenvalue weighted by atomic mass is 19.1. The van der Waals surface area contributed by atoms with Crippen LogP contribution >= 0.6 is 0 Å². The second-order valence-corrected chi connectivity index (χ2v) is 9.51. The van der Waals surface area contributed by atoms with Crippen molar-refractivity contribution < 1.29 is 39.5 Å². The topological polar surface area (TPSA) is 135 Å². The molecule has 0 saturated heterocycles. The lowest BCUT2D eigenvalue weighted by atomic mass is 9.44. The van der Waals surface area contributed by atoms with E-state index in [1.165, 1.54) is 32.1 Å². The first-order valence-corrected chi connectivity index (χ1v) is 9.92. The van der Waals surface area contributed by atoms with Gasteiger partial charge in [0.15, 0.2) is 22.8 Å². The molecule has 0 aromatic rings. The average molecular weight is 410 g/mol. The maximum atomic E-state index is 16.8. The quantitative estimate of drug-likeness (QED) is 0.418. The van der Waals surface area contributed by atoms with Gasteiger partial charge in [0, 0.05) is 16.7 Å². The summed E-state index contributed by atoms with van der Waals surface area (Å²) in [7, 11) is 0. The van der Waals surface area contributed by atoms with Crippen LogP contribution in [0.5, 0.6) is 0 Å². The highest BCUT2D eigenvalue weighted by Gasteiger charge is 2.77. The van der Waals surface area contributed by atoms with Crippen molar-refractivity contribution in [1.82, 2.24) is 0 Å². The minimum atomic E-state index is -2.32.